The van der Waals surface area contributed by atoms with E-state index in [-0.39, 0.29) is 0 Å². The van der Waals surface area contributed by atoms with Gasteiger partial charge in [-0.15, -0.1) is 0 Å². The van der Waals surface area contributed by atoms with Crippen molar-refractivity contribution in [2.45, 2.75) is 46.0 Å². The van der Waals surface area contributed by atoms with Gasteiger partial charge in [0, 0.05) is 0 Å². The lowest BCUT2D eigenvalue weighted by Crippen LogP contribution is -2.19. The Kier molecular flexibility index (Phi) is 4.07. The number of nitrogens with two attached hydrogens (primary N) is 1. The summed E-state index contributed by atoms with van der Waals surface area (Å²) < 4.78 is 0. The molecule has 1 saturated carbocycles. The van der Waals surface area contributed by atoms with E-state index in [9.17, 15) is 0 Å². The van der Waals surface area contributed by atoms with Gasteiger partial charge in [-0.2, -0.15) is 0 Å². The zero-order valence-corrected chi connectivity index (χ0v) is 8.55. The molecule has 1 aliphatic carbocycles. The first-order chi connectivity index (χ1) is 5.72. The van der Waals surface area contributed by atoms with E-state index in [1.165, 1.54) is 32.1 Å². The lowest BCUT2D eigenvalue weighted by molar-refractivity contribution is 0.245. The molecule has 1 fully saturated rings. The molecule has 0 saturated heterocycles. The molecule has 0 aromatic rings. The Morgan fingerprint density at radius 1 is 1.42 bits per heavy atom. The summed E-state index contributed by atoms with van der Waals surface area (Å²) in [5.74, 6) is 2.68. The highest BCUT2D eigenvalue weighted by Gasteiger charge is 2.19. The van der Waals surface area contributed by atoms with Crippen LogP contribution in [0.2, 0.25) is 0 Å². The van der Waals surface area contributed by atoms with Crippen LogP contribution < -0.4 is 5.73 Å². The van der Waals surface area contributed by atoms with Crippen molar-refractivity contribution in [3.8, 4) is 0 Å². The van der Waals surface area contributed by atoms with Crippen LogP contribution in [0.4, 0.5) is 0 Å². The minimum Gasteiger partial charge on any atom is -0.330 e. The molecule has 0 bridgehead atoms. The molecule has 0 aromatic carbocycles. The molecule has 1 aliphatic rings. The van der Waals surface area contributed by atoms with E-state index in [1.807, 2.05) is 0 Å². The van der Waals surface area contributed by atoms with Crippen molar-refractivity contribution < 1.29 is 0 Å². The van der Waals surface area contributed by atoms with Gasteiger partial charge in [0.15, 0.2) is 0 Å². The zero-order chi connectivity index (χ0) is 8.97. The maximum absolute atomic E-state index is 5.62. The van der Waals surface area contributed by atoms with Gasteiger partial charge in [0.2, 0.25) is 0 Å². The third-order valence-electron chi connectivity index (χ3n) is 3.18. The molecule has 1 nitrogen and oxygen atoms in total. The molecule has 1 rings (SSSR count). The predicted molar refractivity (Wildman–Crippen MR) is 54.0 cm³/mol. The molecule has 2 N–H and O–H groups in total. The van der Waals surface area contributed by atoms with Crippen LogP contribution in [0.15, 0.2) is 0 Å². The average molecular weight is 169 g/mol. The maximum Gasteiger partial charge on any atom is -0.00514 e. The summed E-state index contributed by atoms with van der Waals surface area (Å²) in [7, 11) is 0. The third kappa shape index (κ3) is 3.14. The van der Waals surface area contributed by atoms with Gasteiger partial charge >= 0.3 is 0 Å². The molecule has 3 unspecified atom stereocenters. The first-order valence-electron chi connectivity index (χ1n) is 5.42. The quantitative estimate of drug-likeness (QED) is 0.690. The number of rotatable bonds is 3. The highest BCUT2D eigenvalue weighted by Crippen LogP contribution is 2.32. The standard InChI is InChI=1S/C11H23N/c1-9-4-3-5-11(6-9)7-10(2)8-12/h9-11H,3-8,12H2,1-2H3. The Labute approximate surface area is 76.7 Å². The second-order valence-corrected chi connectivity index (χ2v) is 4.71. The molecule has 0 radical (unpaired) electrons. The summed E-state index contributed by atoms with van der Waals surface area (Å²) in [6.45, 7) is 5.53. The van der Waals surface area contributed by atoms with Crippen LogP contribution in [-0.2, 0) is 0 Å². The van der Waals surface area contributed by atoms with Gasteiger partial charge in [-0.25, -0.2) is 0 Å². The fourth-order valence-electron chi connectivity index (χ4n) is 2.44. The van der Waals surface area contributed by atoms with Gasteiger partial charge in [0.05, 0.1) is 0 Å². The summed E-state index contributed by atoms with van der Waals surface area (Å²) in [6.07, 6.45) is 7.16. The molecule has 1 heteroatoms. The third-order valence-corrected chi connectivity index (χ3v) is 3.18. The molecular formula is C11H23N. The highest BCUT2D eigenvalue weighted by atomic mass is 14.5. The maximum atomic E-state index is 5.62. The van der Waals surface area contributed by atoms with Gasteiger partial charge in [0.1, 0.15) is 0 Å². The second-order valence-electron chi connectivity index (χ2n) is 4.71. The Bertz CT molecular complexity index is 122. The van der Waals surface area contributed by atoms with Gasteiger partial charge in [-0.1, -0.05) is 33.1 Å². The minimum atomic E-state index is 0.736. The summed E-state index contributed by atoms with van der Waals surface area (Å²) >= 11 is 0. The van der Waals surface area contributed by atoms with Gasteiger partial charge in [0.25, 0.3) is 0 Å². The fraction of sp³-hybridized carbons (Fsp3) is 1.00. The molecule has 3 atom stereocenters. The van der Waals surface area contributed by atoms with E-state index in [0.717, 1.165) is 24.3 Å². The van der Waals surface area contributed by atoms with Crippen LogP contribution in [-0.4, -0.2) is 6.54 Å². The number of hydrogen-bond acceptors (Lipinski definition) is 1. The molecule has 0 spiro atoms. The largest absolute Gasteiger partial charge is 0.330 e. The molecule has 12 heavy (non-hydrogen) atoms. The minimum absolute atomic E-state index is 0.736. The van der Waals surface area contributed by atoms with Crippen molar-refractivity contribution >= 4 is 0 Å². The van der Waals surface area contributed by atoms with Crippen molar-refractivity contribution in [2.75, 3.05) is 6.54 Å². The van der Waals surface area contributed by atoms with Crippen LogP contribution in [0.25, 0.3) is 0 Å². The van der Waals surface area contributed by atoms with Gasteiger partial charge in [-0.3, -0.25) is 0 Å². The zero-order valence-electron chi connectivity index (χ0n) is 8.55. The van der Waals surface area contributed by atoms with Crippen LogP contribution in [0.1, 0.15) is 46.0 Å². The smallest absolute Gasteiger partial charge is 0.00514 e. The Morgan fingerprint density at radius 3 is 2.75 bits per heavy atom. The second kappa shape index (κ2) is 4.86. The molecule has 0 heterocycles. The summed E-state index contributed by atoms with van der Waals surface area (Å²) in [6, 6.07) is 0. The van der Waals surface area contributed by atoms with E-state index in [0.29, 0.717) is 0 Å². The normalized spacial score (nSPS) is 33.2. The SMILES string of the molecule is CC(CN)CC1CCCC(C)C1. The van der Waals surface area contributed by atoms with Crippen LogP contribution in [0, 0.1) is 17.8 Å². The van der Waals surface area contributed by atoms with Crippen molar-refractivity contribution in [2.24, 2.45) is 23.5 Å². The predicted octanol–water partition coefficient (Wildman–Crippen LogP) is 2.80. The number of hydrogen-bond donors (Lipinski definition) is 1. The average Bonchev–Trinajstić information content (AvgIpc) is 2.04. The summed E-state index contributed by atoms with van der Waals surface area (Å²) in [5.41, 5.74) is 5.62. The van der Waals surface area contributed by atoms with Crippen molar-refractivity contribution in [3.05, 3.63) is 0 Å². The Morgan fingerprint density at radius 2 is 2.17 bits per heavy atom. The van der Waals surface area contributed by atoms with Gasteiger partial charge in [-0.05, 0) is 37.1 Å². The van der Waals surface area contributed by atoms with Crippen LogP contribution >= 0.6 is 0 Å². The van der Waals surface area contributed by atoms with E-state index in [4.69, 9.17) is 5.73 Å². The molecule has 0 amide bonds. The summed E-state index contributed by atoms with van der Waals surface area (Å²) in [4.78, 5) is 0. The Balaban J connectivity index is 2.22. The topological polar surface area (TPSA) is 26.0 Å². The van der Waals surface area contributed by atoms with E-state index >= 15 is 0 Å². The Hall–Kier alpha value is -0.0400. The molecular weight excluding hydrogens is 146 g/mol. The van der Waals surface area contributed by atoms with Crippen molar-refractivity contribution in [3.63, 3.8) is 0 Å². The first-order valence-corrected chi connectivity index (χ1v) is 5.42. The lowest BCUT2D eigenvalue weighted by Gasteiger charge is -2.28. The van der Waals surface area contributed by atoms with E-state index in [2.05, 4.69) is 13.8 Å². The van der Waals surface area contributed by atoms with E-state index in [1.54, 1.807) is 0 Å². The monoisotopic (exact) mass is 169 g/mol. The lowest BCUT2D eigenvalue weighted by atomic mass is 9.78. The van der Waals surface area contributed by atoms with Crippen LogP contribution in [0.5, 0.6) is 0 Å². The highest BCUT2D eigenvalue weighted by molar-refractivity contribution is 4.72. The summed E-state index contributed by atoms with van der Waals surface area (Å²) in [5, 5.41) is 0. The molecule has 0 aliphatic heterocycles. The molecule has 72 valence electrons. The first kappa shape index (κ1) is 10.0. The van der Waals surface area contributed by atoms with E-state index < -0.39 is 0 Å². The van der Waals surface area contributed by atoms with Crippen LogP contribution in [0.3, 0.4) is 0 Å². The van der Waals surface area contributed by atoms with Crippen molar-refractivity contribution in [1.29, 1.82) is 0 Å². The van der Waals surface area contributed by atoms with Crippen molar-refractivity contribution in [1.82, 2.24) is 0 Å². The van der Waals surface area contributed by atoms with Gasteiger partial charge < -0.3 is 5.73 Å². The molecule has 0 aromatic heterocycles. The fourth-order valence-corrected chi connectivity index (χ4v) is 2.44.